The van der Waals surface area contributed by atoms with Gasteiger partial charge in [0.05, 0.1) is 12.2 Å². The summed E-state index contributed by atoms with van der Waals surface area (Å²) >= 11 is 0. The minimum absolute atomic E-state index is 0.0763. The standard InChI is InChI=1S/C18H26O2/c1-18-9-8-14-13-5-3-12(19)10-11(13)2-4-15(14)16(18)6-7-17(18)20/h3,5,12,14-17,19-20H,2,4,6-10H2,1H3/t12?,14-,15?,16+,17-,18+/m1/s1. The second kappa shape index (κ2) is 4.45. The van der Waals surface area contributed by atoms with E-state index in [0.717, 1.165) is 18.8 Å². The zero-order valence-corrected chi connectivity index (χ0v) is 12.4. The van der Waals surface area contributed by atoms with E-state index >= 15 is 0 Å². The van der Waals surface area contributed by atoms with Gasteiger partial charge in [0.25, 0.3) is 0 Å². The van der Waals surface area contributed by atoms with Crippen molar-refractivity contribution in [3.63, 3.8) is 0 Å². The average molecular weight is 274 g/mol. The number of hydrogen-bond acceptors (Lipinski definition) is 2. The molecule has 2 unspecified atom stereocenters. The Bertz CT molecular complexity index is 478. The maximum atomic E-state index is 10.4. The van der Waals surface area contributed by atoms with Gasteiger partial charge in [-0.1, -0.05) is 24.6 Å². The van der Waals surface area contributed by atoms with Crippen LogP contribution in [0.25, 0.3) is 0 Å². The van der Waals surface area contributed by atoms with Crippen LogP contribution in [0.15, 0.2) is 23.3 Å². The smallest absolute Gasteiger partial charge is 0.0761 e. The van der Waals surface area contributed by atoms with E-state index in [4.69, 9.17) is 0 Å². The van der Waals surface area contributed by atoms with Crippen LogP contribution in [0.4, 0.5) is 0 Å². The summed E-state index contributed by atoms with van der Waals surface area (Å²) in [5.74, 6) is 2.18. The van der Waals surface area contributed by atoms with Gasteiger partial charge in [0, 0.05) is 0 Å². The van der Waals surface area contributed by atoms with Crippen LogP contribution in [0.5, 0.6) is 0 Å². The van der Waals surface area contributed by atoms with E-state index in [1.54, 1.807) is 5.57 Å². The SMILES string of the molecule is C[C@]12CC[C@@H]3C4=C(CCC3[C@@H]1CC[C@H]2O)CC(O)C=C4. The quantitative estimate of drug-likeness (QED) is 0.712. The van der Waals surface area contributed by atoms with Crippen LogP contribution in [0.3, 0.4) is 0 Å². The van der Waals surface area contributed by atoms with E-state index in [1.165, 1.54) is 37.7 Å². The highest BCUT2D eigenvalue weighted by atomic mass is 16.3. The van der Waals surface area contributed by atoms with E-state index in [0.29, 0.717) is 11.8 Å². The van der Waals surface area contributed by atoms with Crippen molar-refractivity contribution in [1.29, 1.82) is 0 Å². The molecule has 0 heterocycles. The third kappa shape index (κ3) is 1.70. The Morgan fingerprint density at radius 1 is 1.15 bits per heavy atom. The zero-order chi connectivity index (χ0) is 13.9. The molecule has 110 valence electrons. The van der Waals surface area contributed by atoms with Gasteiger partial charge in [0.2, 0.25) is 0 Å². The summed E-state index contributed by atoms with van der Waals surface area (Å²) in [6.45, 7) is 2.33. The molecule has 4 aliphatic rings. The molecule has 0 aromatic heterocycles. The molecule has 0 aliphatic heterocycles. The molecule has 4 rings (SSSR count). The molecule has 2 N–H and O–H groups in total. The third-order valence-electron chi connectivity index (χ3n) is 6.93. The first-order chi connectivity index (χ1) is 9.59. The molecule has 0 spiro atoms. The Hall–Kier alpha value is -0.600. The first-order valence-electron chi connectivity index (χ1n) is 8.36. The normalized spacial score (nSPS) is 50.6. The lowest BCUT2D eigenvalue weighted by atomic mass is 9.55. The molecule has 2 heteroatoms. The van der Waals surface area contributed by atoms with E-state index < -0.39 is 0 Å². The molecule has 2 saturated carbocycles. The molecule has 2 fully saturated rings. The Kier molecular flexibility index (Phi) is 2.91. The van der Waals surface area contributed by atoms with Gasteiger partial charge in [-0.05, 0) is 73.7 Å². The second-order valence-corrected chi connectivity index (χ2v) is 7.74. The molecule has 0 bridgehead atoms. The maximum Gasteiger partial charge on any atom is 0.0761 e. The fraction of sp³-hybridized carbons (Fsp3) is 0.778. The summed E-state index contributed by atoms with van der Waals surface area (Å²) in [5, 5.41) is 20.2. The zero-order valence-electron chi connectivity index (χ0n) is 12.4. The van der Waals surface area contributed by atoms with Gasteiger partial charge in [-0.15, -0.1) is 0 Å². The van der Waals surface area contributed by atoms with Crippen LogP contribution >= 0.6 is 0 Å². The van der Waals surface area contributed by atoms with E-state index in [-0.39, 0.29) is 17.6 Å². The van der Waals surface area contributed by atoms with E-state index in [9.17, 15) is 10.2 Å². The topological polar surface area (TPSA) is 40.5 Å². The Balaban J connectivity index is 1.66. The summed E-state index contributed by atoms with van der Waals surface area (Å²) in [4.78, 5) is 0. The summed E-state index contributed by atoms with van der Waals surface area (Å²) in [5.41, 5.74) is 3.25. The van der Waals surface area contributed by atoms with Crippen LogP contribution in [0.1, 0.15) is 51.9 Å². The summed E-state index contributed by atoms with van der Waals surface area (Å²) < 4.78 is 0. The summed E-state index contributed by atoms with van der Waals surface area (Å²) in [7, 11) is 0. The van der Waals surface area contributed by atoms with Crippen LogP contribution in [0.2, 0.25) is 0 Å². The Morgan fingerprint density at radius 2 is 2.00 bits per heavy atom. The Morgan fingerprint density at radius 3 is 2.85 bits per heavy atom. The van der Waals surface area contributed by atoms with Crippen molar-refractivity contribution < 1.29 is 10.2 Å². The number of hydrogen-bond donors (Lipinski definition) is 2. The van der Waals surface area contributed by atoms with Crippen molar-refractivity contribution in [3.05, 3.63) is 23.3 Å². The number of fused-ring (bicyclic) bond motifs is 4. The minimum Gasteiger partial charge on any atom is -0.393 e. The molecule has 20 heavy (non-hydrogen) atoms. The molecule has 0 aromatic rings. The van der Waals surface area contributed by atoms with Crippen LogP contribution in [-0.4, -0.2) is 22.4 Å². The number of aliphatic hydroxyl groups excluding tert-OH is 2. The third-order valence-corrected chi connectivity index (χ3v) is 6.93. The summed E-state index contributed by atoms with van der Waals surface area (Å²) in [6, 6.07) is 0. The predicted molar refractivity (Wildman–Crippen MR) is 79.1 cm³/mol. The molecule has 0 radical (unpaired) electrons. The van der Waals surface area contributed by atoms with E-state index in [1.807, 2.05) is 6.08 Å². The lowest BCUT2D eigenvalue weighted by Crippen LogP contribution is -2.45. The monoisotopic (exact) mass is 274 g/mol. The van der Waals surface area contributed by atoms with Gasteiger partial charge < -0.3 is 10.2 Å². The van der Waals surface area contributed by atoms with Gasteiger partial charge in [0.15, 0.2) is 0 Å². The molecule has 6 atom stereocenters. The van der Waals surface area contributed by atoms with Crippen LogP contribution in [-0.2, 0) is 0 Å². The lowest BCUT2D eigenvalue weighted by Gasteiger charge is -2.50. The average Bonchev–Trinajstić information content (AvgIpc) is 2.74. The summed E-state index contributed by atoms with van der Waals surface area (Å²) in [6.07, 6.45) is 11.8. The van der Waals surface area contributed by atoms with Gasteiger partial charge in [-0.2, -0.15) is 0 Å². The first kappa shape index (κ1) is 13.1. The molecule has 0 amide bonds. The van der Waals surface area contributed by atoms with Gasteiger partial charge in [0.1, 0.15) is 0 Å². The molecule has 2 nitrogen and oxygen atoms in total. The van der Waals surface area contributed by atoms with Crippen molar-refractivity contribution in [2.24, 2.45) is 23.2 Å². The fourth-order valence-corrected chi connectivity index (χ4v) is 5.79. The highest BCUT2D eigenvalue weighted by molar-refractivity contribution is 5.37. The largest absolute Gasteiger partial charge is 0.393 e. The van der Waals surface area contributed by atoms with Gasteiger partial charge in [-0.25, -0.2) is 0 Å². The molecular weight excluding hydrogens is 248 g/mol. The number of rotatable bonds is 0. The molecule has 0 aromatic carbocycles. The Labute approximate surface area is 121 Å². The van der Waals surface area contributed by atoms with Crippen molar-refractivity contribution in [2.75, 3.05) is 0 Å². The molecular formula is C18H26O2. The minimum atomic E-state index is -0.257. The van der Waals surface area contributed by atoms with Gasteiger partial charge >= 0.3 is 0 Å². The van der Waals surface area contributed by atoms with Crippen molar-refractivity contribution in [2.45, 2.75) is 64.1 Å². The highest BCUT2D eigenvalue weighted by Gasteiger charge is 2.54. The lowest BCUT2D eigenvalue weighted by molar-refractivity contribution is -0.0303. The van der Waals surface area contributed by atoms with Crippen LogP contribution in [0, 0.1) is 23.2 Å². The van der Waals surface area contributed by atoms with Crippen molar-refractivity contribution >= 4 is 0 Å². The van der Waals surface area contributed by atoms with Crippen LogP contribution < -0.4 is 0 Å². The van der Waals surface area contributed by atoms with E-state index in [2.05, 4.69) is 13.0 Å². The number of allylic oxidation sites excluding steroid dienone is 2. The van der Waals surface area contributed by atoms with Crippen molar-refractivity contribution in [3.8, 4) is 0 Å². The molecule has 4 aliphatic carbocycles. The predicted octanol–water partition coefficient (Wildman–Crippen LogP) is 3.20. The molecule has 0 saturated heterocycles. The second-order valence-electron chi connectivity index (χ2n) is 7.74. The maximum absolute atomic E-state index is 10.4. The highest BCUT2D eigenvalue weighted by Crippen LogP contribution is 2.60. The van der Waals surface area contributed by atoms with Gasteiger partial charge in [-0.3, -0.25) is 0 Å². The fourth-order valence-electron chi connectivity index (χ4n) is 5.79. The first-order valence-corrected chi connectivity index (χ1v) is 8.36. The number of aliphatic hydroxyl groups is 2. The van der Waals surface area contributed by atoms with Crippen molar-refractivity contribution in [1.82, 2.24) is 0 Å².